The van der Waals surface area contributed by atoms with Crippen LogP contribution in [0.1, 0.15) is 36.0 Å². The summed E-state index contributed by atoms with van der Waals surface area (Å²) in [5.41, 5.74) is 5.51. The number of carbonyl (C=O) groups excluding carboxylic acids is 2. The van der Waals surface area contributed by atoms with Crippen LogP contribution in [0.4, 0.5) is 4.39 Å². The molecule has 2 saturated heterocycles. The highest BCUT2D eigenvalue weighted by Gasteiger charge is 2.44. The summed E-state index contributed by atoms with van der Waals surface area (Å²) >= 11 is 5.90. The number of nitrogens with two attached hydrogens (primary N) is 1. The van der Waals surface area contributed by atoms with Crippen molar-refractivity contribution >= 4 is 23.4 Å². The zero-order valence-corrected chi connectivity index (χ0v) is 17.0. The molecule has 0 radical (unpaired) electrons. The summed E-state index contributed by atoms with van der Waals surface area (Å²) in [4.78, 5) is 26.3. The van der Waals surface area contributed by atoms with Gasteiger partial charge in [-0.2, -0.15) is 0 Å². The van der Waals surface area contributed by atoms with Gasteiger partial charge in [-0.1, -0.05) is 11.6 Å². The lowest BCUT2D eigenvalue weighted by atomic mass is 9.99. The Morgan fingerprint density at radius 3 is 2.40 bits per heavy atom. The molecule has 6 nitrogen and oxygen atoms in total. The summed E-state index contributed by atoms with van der Waals surface area (Å²) in [6.45, 7) is -0.182. The Bertz CT molecular complexity index is 939. The predicted molar refractivity (Wildman–Crippen MR) is 109 cm³/mol. The van der Waals surface area contributed by atoms with E-state index in [1.807, 2.05) is 4.90 Å². The normalized spacial score (nSPS) is 22.6. The van der Waals surface area contributed by atoms with Gasteiger partial charge in [-0.05, 0) is 55.3 Å². The van der Waals surface area contributed by atoms with Gasteiger partial charge in [-0.3, -0.25) is 9.59 Å². The first-order chi connectivity index (χ1) is 14.4. The number of carbonyl (C=O) groups is 2. The second kappa shape index (κ2) is 8.52. The second-order valence-corrected chi connectivity index (χ2v) is 8.08. The van der Waals surface area contributed by atoms with E-state index >= 15 is 0 Å². The van der Waals surface area contributed by atoms with E-state index in [9.17, 15) is 14.0 Å². The van der Waals surface area contributed by atoms with Crippen LogP contribution >= 0.6 is 11.6 Å². The molecule has 2 fully saturated rings. The summed E-state index contributed by atoms with van der Waals surface area (Å²) in [5.74, 6) is -0.234. The minimum atomic E-state index is -0.668. The van der Waals surface area contributed by atoms with Gasteiger partial charge in [0.15, 0.2) is 6.61 Å². The van der Waals surface area contributed by atoms with Crippen molar-refractivity contribution in [2.45, 2.75) is 43.9 Å². The monoisotopic (exact) mass is 432 g/mol. The first-order valence-corrected chi connectivity index (χ1v) is 10.2. The highest BCUT2D eigenvalue weighted by molar-refractivity contribution is 6.31. The van der Waals surface area contributed by atoms with Crippen molar-refractivity contribution in [2.24, 2.45) is 5.73 Å². The van der Waals surface area contributed by atoms with Crippen molar-refractivity contribution in [1.82, 2.24) is 4.90 Å². The van der Waals surface area contributed by atoms with Crippen molar-refractivity contribution < 1.29 is 23.5 Å². The first kappa shape index (κ1) is 20.5. The molecule has 8 heteroatoms. The summed E-state index contributed by atoms with van der Waals surface area (Å²) < 4.78 is 24.7. The number of hydrogen-bond acceptors (Lipinski definition) is 4. The van der Waals surface area contributed by atoms with Crippen molar-refractivity contribution in [3.05, 3.63) is 58.9 Å². The molecule has 2 aliphatic heterocycles. The Morgan fingerprint density at radius 1 is 1.10 bits per heavy atom. The molecule has 0 spiro atoms. The molecule has 2 atom stereocenters. The quantitative estimate of drug-likeness (QED) is 0.756. The number of halogens is 2. The van der Waals surface area contributed by atoms with Crippen molar-refractivity contribution in [3.63, 3.8) is 0 Å². The maximum absolute atomic E-state index is 13.1. The van der Waals surface area contributed by atoms with E-state index < -0.39 is 5.91 Å². The average molecular weight is 433 g/mol. The molecule has 4 rings (SSSR count). The van der Waals surface area contributed by atoms with E-state index in [1.165, 1.54) is 24.3 Å². The minimum Gasteiger partial charge on any atom is -0.490 e. The Kier molecular flexibility index (Phi) is 5.81. The van der Waals surface area contributed by atoms with Crippen LogP contribution < -0.4 is 15.2 Å². The topological polar surface area (TPSA) is 81.9 Å². The number of piperidine rings is 1. The lowest BCUT2D eigenvalue weighted by molar-refractivity contribution is -0.139. The smallest absolute Gasteiger partial charge is 0.261 e. The number of amides is 2. The molecule has 2 amide bonds. The molecule has 0 aromatic heterocycles. The van der Waals surface area contributed by atoms with Crippen LogP contribution in [0, 0.1) is 5.82 Å². The molecule has 158 valence electrons. The van der Waals surface area contributed by atoms with E-state index in [-0.39, 0.29) is 47.8 Å². The van der Waals surface area contributed by atoms with Crippen molar-refractivity contribution in [3.8, 4) is 11.5 Å². The Hall–Kier alpha value is -2.80. The Balaban J connectivity index is 1.37. The van der Waals surface area contributed by atoms with Crippen LogP contribution in [-0.4, -0.2) is 41.5 Å². The fourth-order valence-electron chi connectivity index (χ4n) is 4.37. The Morgan fingerprint density at radius 2 is 1.77 bits per heavy atom. The molecule has 2 bridgehead atoms. The number of hydrogen-bond donors (Lipinski definition) is 1. The zero-order valence-electron chi connectivity index (χ0n) is 16.2. The van der Waals surface area contributed by atoms with Gasteiger partial charge in [0.2, 0.25) is 0 Å². The van der Waals surface area contributed by atoms with E-state index in [0.29, 0.717) is 23.6 Å². The standard InChI is InChI=1S/C22H22ClFN2O4/c23-13-1-8-20(19(9-13)22(25)28)29-12-21(27)26-15-4-5-16(26)11-18(10-15)30-17-6-2-14(24)3-7-17/h1-3,6-9,15-16,18H,4-5,10-12H2,(H2,25,28)/t15-,16-/m1/s1. The van der Waals surface area contributed by atoms with Gasteiger partial charge < -0.3 is 20.1 Å². The lowest BCUT2D eigenvalue weighted by Crippen LogP contribution is -2.50. The maximum atomic E-state index is 13.1. The van der Waals surface area contributed by atoms with Gasteiger partial charge in [0, 0.05) is 29.9 Å². The molecule has 2 heterocycles. The number of benzene rings is 2. The highest BCUT2D eigenvalue weighted by Crippen LogP contribution is 2.37. The number of primary amides is 1. The summed E-state index contributed by atoms with van der Waals surface area (Å²) in [5, 5.41) is 0.365. The zero-order chi connectivity index (χ0) is 21.3. The van der Waals surface area contributed by atoms with E-state index in [0.717, 1.165) is 12.8 Å². The molecule has 2 aliphatic rings. The maximum Gasteiger partial charge on any atom is 0.261 e. The fourth-order valence-corrected chi connectivity index (χ4v) is 4.54. The molecule has 2 aromatic rings. The summed E-state index contributed by atoms with van der Waals surface area (Å²) in [6.07, 6.45) is 3.23. The summed E-state index contributed by atoms with van der Waals surface area (Å²) in [6, 6.07) is 10.7. The average Bonchev–Trinajstić information content (AvgIpc) is 2.99. The van der Waals surface area contributed by atoms with E-state index in [1.54, 1.807) is 18.2 Å². The number of rotatable bonds is 6. The predicted octanol–water partition coefficient (Wildman–Crippen LogP) is 3.56. The van der Waals surface area contributed by atoms with Crippen molar-refractivity contribution in [1.29, 1.82) is 0 Å². The third-order valence-electron chi connectivity index (χ3n) is 5.65. The van der Waals surface area contributed by atoms with Crippen LogP contribution in [0.25, 0.3) is 0 Å². The molecular formula is C22H22ClFN2O4. The molecule has 0 saturated carbocycles. The van der Waals surface area contributed by atoms with Crippen LogP contribution in [0.3, 0.4) is 0 Å². The number of fused-ring (bicyclic) bond motifs is 2. The summed E-state index contributed by atoms with van der Waals surface area (Å²) in [7, 11) is 0. The van der Waals surface area contributed by atoms with Gasteiger partial charge in [0.05, 0.1) is 5.56 Å². The third kappa shape index (κ3) is 4.36. The number of nitrogens with zero attached hydrogens (tertiary/aromatic N) is 1. The minimum absolute atomic E-state index is 0.0179. The van der Waals surface area contributed by atoms with E-state index in [2.05, 4.69) is 0 Å². The largest absolute Gasteiger partial charge is 0.490 e. The van der Waals surface area contributed by atoms with Crippen LogP contribution in [-0.2, 0) is 4.79 Å². The van der Waals surface area contributed by atoms with Crippen LogP contribution in [0.5, 0.6) is 11.5 Å². The van der Waals surface area contributed by atoms with Gasteiger partial charge in [-0.25, -0.2) is 4.39 Å². The van der Waals surface area contributed by atoms with Crippen molar-refractivity contribution in [2.75, 3.05) is 6.61 Å². The fraction of sp³-hybridized carbons (Fsp3) is 0.364. The molecule has 0 unspecified atom stereocenters. The van der Waals surface area contributed by atoms with Gasteiger partial charge in [0.1, 0.15) is 23.4 Å². The highest BCUT2D eigenvalue weighted by atomic mass is 35.5. The Labute approximate surface area is 178 Å². The van der Waals surface area contributed by atoms with Crippen LogP contribution in [0.2, 0.25) is 5.02 Å². The molecule has 2 N–H and O–H groups in total. The SMILES string of the molecule is NC(=O)c1cc(Cl)ccc1OCC(=O)N1[C@@H]2CC[C@@H]1CC(Oc1ccc(F)cc1)C2. The lowest BCUT2D eigenvalue weighted by Gasteiger charge is -2.38. The van der Waals surface area contributed by atoms with Gasteiger partial charge in [-0.15, -0.1) is 0 Å². The molecule has 30 heavy (non-hydrogen) atoms. The van der Waals surface area contributed by atoms with Gasteiger partial charge in [0.25, 0.3) is 11.8 Å². The molecule has 0 aliphatic carbocycles. The van der Waals surface area contributed by atoms with E-state index in [4.69, 9.17) is 26.8 Å². The van der Waals surface area contributed by atoms with Gasteiger partial charge >= 0.3 is 0 Å². The second-order valence-electron chi connectivity index (χ2n) is 7.64. The third-order valence-corrected chi connectivity index (χ3v) is 5.89. The first-order valence-electron chi connectivity index (χ1n) is 9.86. The molecule has 2 aromatic carbocycles. The number of ether oxygens (including phenoxy) is 2. The van der Waals surface area contributed by atoms with Crippen LogP contribution in [0.15, 0.2) is 42.5 Å². The molecular weight excluding hydrogens is 411 g/mol.